The molecule has 2 rings (SSSR count). The van der Waals surface area contributed by atoms with Crippen LogP contribution in [0.25, 0.3) is 0 Å². The molecule has 2 aromatic rings. The first-order chi connectivity index (χ1) is 9.71. The van der Waals surface area contributed by atoms with Gasteiger partial charge >= 0.3 is 0 Å². The second-order valence-electron chi connectivity index (χ2n) is 4.80. The van der Waals surface area contributed by atoms with E-state index in [2.05, 4.69) is 53.5 Å². The smallest absolute Gasteiger partial charge is 0.0767 e. The molecule has 108 valence electrons. The zero-order valence-corrected chi connectivity index (χ0v) is 12.7. The first-order valence-corrected chi connectivity index (χ1v) is 7.29. The summed E-state index contributed by atoms with van der Waals surface area (Å²) in [6.45, 7) is 10.1. The van der Waals surface area contributed by atoms with Gasteiger partial charge in [-0.25, -0.2) is 0 Å². The van der Waals surface area contributed by atoms with Crippen molar-refractivity contribution in [2.75, 3.05) is 6.54 Å². The minimum atomic E-state index is 0.117. The van der Waals surface area contributed by atoms with Crippen LogP contribution in [0.1, 0.15) is 49.5 Å². The molecule has 0 spiro atoms. The molecule has 1 atom stereocenters. The number of aryl methyl sites for hydroxylation is 3. The van der Waals surface area contributed by atoms with Crippen LogP contribution < -0.4 is 5.32 Å². The lowest BCUT2D eigenvalue weighted by Crippen LogP contribution is -2.26. The Labute approximate surface area is 120 Å². The Morgan fingerprint density at radius 2 is 2.05 bits per heavy atom. The Bertz CT molecular complexity index is 561. The second kappa shape index (κ2) is 6.61. The van der Waals surface area contributed by atoms with Crippen LogP contribution in [0.2, 0.25) is 0 Å². The molecule has 0 saturated carbocycles. The fourth-order valence-electron chi connectivity index (χ4n) is 2.49. The third kappa shape index (κ3) is 2.88. The molecule has 0 fully saturated rings. The van der Waals surface area contributed by atoms with Gasteiger partial charge in [-0.15, -0.1) is 0 Å². The van der Waals surface area contributed by atoms with Gasteiger partial charge in [0.15, 0.2) is 0 Å². The van der Waals surface area contributed by atoms with Gasteiger partial charge in [0.25, 0.3) is 0 Å². The molecular formula is C15H23N5. The minimum absolute atomic E-state index is 0.117. The van der Waals surface area contributed by atoms with Crippen molar-refractivity contribution in [2.24, 2.45) is 0 Å². The van der Waals surface area contributed by atoms with Crippen LogP contribution in [0.4, 0.5) is 0 Å². The third-order valence-electron chi connectivity index (χ3n) is 3.42. The van der Waals surface area contributed by atoms with Crippen LogP contribution in [0, 0.1) is 6.92 Å². The summed E-state index contributed by atoms with van der Waals surface area (Å²) in [4.78, 5) is 0. The molecule has 0 saturated heterocycles. The lowest BCUT2D eigenvalue weighted by molar-refractivity contribution is 0.536. The average molecular weight is 273 g/mol. The summed E-state index contributed by atoms with van der Waals surface area (Å²) < 4.78 is 2.03. The van der Waals surface area contributed by atoms with E-state index in [1.54, 1.807) is 0 Å². The SMILES string of the molecule is CCNC(c1cc(C)nnc1CC)c1ccnn1CC. The minimum Gasteiger partial charge on any atom is -0.305 e. The summed E-state index contributed by atoms with van der Waals surface area (Å²) in [5.74, 6) is 0. The van der Waals surface area contributed by atoms with E-state index in [1.165, 1.54) is 11.3 Å². The Morgan fingerprint density at radius 1 is 1.25 bits per heavy atom. The van der Waals surface area contributed by atoms with Gasteiger partial charge in [-0.1, -0.05) is 13.8 Å². The molecular weight excluding hydrogens is 250 g/mol. The fourth-order valence-corrected chi connectivity index (χ4v) is 2.49. The van der Waals surface area contributed by atoms with Gasteiger partial charge in [-0.05, 0) is 38.9 Å². The van der Waals surface area contributed by atoms with Crippen molar-refractivity contribution in [1.29, 1.82) is 0 Å². The summed E-state index contributed by atoms with van der Waals surface area (Å²) >= 11 is 0. The van der Waals surface area contributed by atoms with Gasteiger partial charge in [0.05, 0.1) is 23.1 Å². The van der Waals surface area contributed by atoms with Gasteiger partial charge in [-0.3, -0.25) is 4.68 Å². The predicted molar refractivity (Wildman–Crippen MR) is 79.6 cm³/mol. The summed E-state index contributed by atoms with van der Waals surface area (Å²) in [5, 5.41) is 16.5. The highest BCUT2D eigenvalue weighted by Crippen LogP contribution is 2.24. The van der Waals surface area contributed by atoms with Gasteiger partial charge in [0.1, 0.15) is 0 Å². The van der Waals surface area contributed by atoms with Gasteiger partial charge in [0, 0.05) is 18.3 Å². The van der Waals surface area contributed by atoms with Gasteiger partial charge in [-0.2, -0.15) is 15.3 Å². The van der Waals surface area contributed by atoms with E-state index in [1.807, 2.05) is 17.8 Å². The van der Waals surface area contributed by atoms with Crippen LogP contribution in [-0.4, -0.2) is 26.5 Å². The Kier molecular flexibility index (Phi) is 4.84. The van der Waals surface area contributed by atoms with Crippen molar-refractivity contribution < 1.29 is 0 Å². The summed E-state index contributed by atoms with van der Waals surface area (Å²) in [7, 11) is 0. The molecule has 5 heteroatoms. The van der Waals surface area contributed by atoms with E-state index in [-0.39, 0.29) is 6.04 Å². The maximum absolute atomic E-state index is 4.38. The van der Waals surface area contributed by atoms with Crippen LogP contribution in [0.5, 0.6) is 0 Å². The zero-order chi connectivity index (χ0) is 14.5. The van der Waals surface area contributed by atoms with E-state index in [0.29, 0.717) is 0 Å². The third-order valence-corrected chi connectivity index (χ3v) is 3.42. The lowest BCUT2D eigenvalue weighted by atomic mass is 10.00. The van der Waals surface area contributed by atoms with Gasteiger partial charge in [0.2, 0.25) is 0 Å². The molecule has 1 unspecified atom stereocenters. The molecule has 0 aliphatic heterocycles. The quantitative estimate of drug-likeness (QED) is 0.877. The largest absolute Gasteiger partial charge is 0.305 e. The molecule has 1 N–H and O–H groups in total. The van der Waals surface area contributed by atoms with Crippen molar-refractivity contribution in [3.63, 3.8) is 0 Å². The lowest BCUT2D eigenvalue weighted by Gasteiger charge is -2.21. The number of hydrogen-bond acceptors (Lipinski definition) is 4. The summed E-state index contributed by atoms with van der Waals surface area (Å²) in [5.41, 5.74) is 4.38. The Morgan fingerprint density at radius 3 is 2.70 bits per heavy atom. The molecule has 0 radical (unpaired) electrons. The van der Waals surface area contributed by atoms with Crippen LogP contribution in [0.15, 0.2) is 18.3 Å². The van der Waals surface area contributed by atoms with E-state index < -0.39 is 0 Å². The topological polar surface area (TPSA) is 55.6 Å². The standard InChI is InChI=1S/C15H23N5/c1-5-13-12(10-11(4)18-19-13)15(16-6-2)14-8-9-17-20(14)7-3/h8-10,15-16H,5-7H2,1-4H3. The Hall–Kier alpha value is -1.75. The van der Waals surface area contributed by atoms with Crippen molar-refractivity contribution in [2.45, 2.75) is 46.7 Å². The van der Waals surface area contributed by atoms with Crippen molar-refractivity contribution in [3.8, 4) is 0 Å². The Balaban J connectivity index is 2.50. The molecule has 5 nitrogen and oxygen atoms in total. The molecule has 0 aliphatic rings. The summed E-state index contributed by atoms with van der Waals surface area (Å²) in [6.07, 6.45) is 2.74. The molecule has 2 heterocycles. The van der Waals surface area contributed by atoms with E-state index in [4.69, 9.17) is 0 Å². The van der Waals surface area contributed by atoms with E-state index in [9.17, 15) is 0 Å². The normalized spacial score (nSPS) is 12.6. The molecule has 0 bridgehead atoms. The average Bonchev–Trinajstić information content (AvgIpc) is 2.93. The molecule has 20 heavy (non-hydrogen) atoms. The zero-order valence-electron chi connectivity index (χ0n) is 12.7. The molecule has 2 aromatic heterocycles. The number of nitrogens with zero attached hydrogens (tertiary/aromatic N) is 4. The predicted octanol–water partition coefficient (Wildman–Crippen LogP) is 2.26. The van der Waals surface area contributed by atoms with E-state index in [0.717, 1.165) is 30.9 Å². The maximum atomic E-state index is 4.38. The number of nitrogens with one attached hydrogen (secondary N) is 1. The van der Waals surface area contributed by atoms with Crippen LogP contribution in [0.3, 0.4) is 0 Å². The van der Waals surface area contributed by atoms with Gasteiger partial charge < -0.3 is 5.32 Å². The van der Waals surface area contributed by atoms with Crippen LogP contribution in [-0.2, 0) is 13.0 Å². The van der Waals surface area contributed by atoms with E-state index >= 15 is 0 Å². The number of rotatable bonds is 6. The fraction of sp³-hybridized carbons (Fsp3) is 0.533. The highest BCUT2D eigenvalue weighted by atomic mass is 15.3. The molecule has 0 aliphatic carbocycles. The maximum Gasteiger partial charge on any atom is 0.0767 e. The molecule has 0 amide bonds. The van der Waals surface area contributed by atoms with Crippen molar-refractivity contribution >= 4 is 0 Å². The first-order valence-electron chi connectivity index (χ1n) is 7.29. The second-order valence-corrected chi connectivity index (χ2v) is 4.80. The summed E-state index contributed by atoms with van der Waals surface area (Å²) in [6, 6.07) is 4.32. The number of hydrogen-bond donors (Lipinski definition) is 1. The van der Waals surface area contributed by atoms with Crippen molar-refractivity contribution in [1.82, 2.24) is 25.3 Å². The molecule has 0 aromatic carbocycles. The van der Waals surface area contributed by atoms with Crippen LogP contribution >= 0.6 is 0 Å². The highest BCUT2D eigenvalue weighted by molar-refractivity contribution is 5.31. The first kappa shape index (κ1) is 14.7. The number of aromatic nitrogens is 4. The van der Waals surface area contributed by atoms with Crippen molar-refractivity contribution in [3.05, 3.63) is 41.0 Å². The highest BCUT2D eigenvalue weighted by Gasteiger charge is 2.20. The monoisotopic (exact) mass is 273 g/mol.